The predicted octanol–water partition coefficient (Wildman–Crippen LogP) is 4.41. The van der Waals surface area contributed by atoms with Crippen molar-refractivity contribution in [3.63, 3.8) is 0 Å². The fraction of sp³-hybridized carbons (Fsp3) is 0.600. The molecule has 2 heteroatoms. The van der Waals surface area contributed by atoms with Crippen molar-refractivity contribution in [1.82, 2.24) is 0 Å². The van der Waals surface area contributed by atoms with Crippen LogP contribution in [0, 0.1) is 0 Å². The number of fused-ring (bicyclic) bond motifs is 1. The van der Waals surface area contributed by atoms with E-state index in [2.05, 4.69) is 56.9 Å². The molecule has 1 aromatic carbocycles. The summed E-state index contributed by atoms with van der Waals surface area (Å²) in [6.45, 7) is 9.94. The summed E-state index contributed by atoms with van der Waals surface area (Å²) in [5, 5.41) is 0.177. The molecule has 0 fully saturated rings. The van der Waals surface area contributed by atoms with Crippen LogP contribution in [0.4, 0.5) is 5.69 Å². The number of nitrogens with zero attached hydrogens (tertiary/aromatic N) is 1. The number of alkyl halides is 1. The van der Waals surface area contributed by atoms with Crippen LogP contribution in [0.3, 0.4) is 0 Å². The first-order valence-electron chi connectivity index (χ1n) is 6.42. The SMILES string of the molecule is CC(Cl)CN1c2ccccc2C(C)CC1(C)C. The summed E-state index contributed by atoms with van der Waals surface area (Å²) in [6, 6.07) is 8.74. The van der Waals surface area contributed by atoms with E-state index in [1.54, 1.807) is 0 Å². The van der Waals surface area contributed by atoms with Gasteiger partial charge in [-0.05, 0) is 44.7 Å². The van der Waals surface area contributed by atoms with Crippen molar-refractivity contribution in [3.8, 4) is 0 Å². The van der Waals surface area contributed by atoms with Gasteiger partial charge < -0.3 is 4.90 Å². The topological polar surface area (TPSA) is 3.24 Å². The minimum Gasteiger partial charge on any atom is -0.365 e. The van der Waals surface area contributed by atoms with Crippen molar-refractivity contribution < 1.29 is 0 Å². The number of hydrogen-bond acceptors (Lipinski definition) is 1. The maximum absolute atomic E-state index is 6.20. The van der Waals surface area contributed by atoms with Gasteiger partial charge in [0.15, 0.2) is 0 Å². The Morgan fingerprint density at radius 1 is 1.41 bits per heavy atom. The molecule has 2 atom stereocenters. The molecular formula is C15H22ClN. The molecule has 1 nitrogen and oxygen atoms in total. The average Bonchev–Trinajstić information content (AvgIpc) is 2.23. The van der Waals surface area contributed by atoms with E-state index in [0.717, 1.165) is 6.54 Å². The molecule has 0 bridgehead atoms. The molecule has 1 aromatic rings. The molecule has 0 saturated heterocycles. The lowest BCUT2D eigenvalue weighted by Gasteiger charge is -2.48. The van der Waals surface area contributed by atoms with Gasteiger partial charge in [-0.1, -0.05) is 25.1 Å². The van der Waals surface area contributed by atoms with E-state index in [0.29, 0.717) is 5.92 Å². The third-order valence-electron chi connectivity index (χ3n) is 3.73. The van der Waals surface area contributed by atoms with Gasteiger partial charge >= 0.3 is 0 Å². The maximum atomic E-state index is 6.20. The van der Waals surface area contributed by atoms with Gasteiger partial charge in [0.2, 0.25) is 0 Å². The Kier molecular flexibility index (Phi) is 3.40. The van der Waals surface area contributed by atoms with Gasteiger partial charge in [-0.3, -0.25) is 0 Å². The summed E-state index contributed by atoms with van der Waals surface area (Å²) in [5.41, 5.74) is 3.02. The van der Waals surface area contributed by atoms with Crippen molar-refractivity contribution in [2.75, 3.05) is 11.4 Å². The molecule has 1 heterocycles. The molecule has 17 heavy (non-hydrogen) atoms. The van der Waals surface area contributed by atoms with Crippen LogP contribution >= 0.6 is 11.6 Å². The van der Waals surface area contributed by atoms with Crippen molar-refractivity contribution >= 4 is 17.3 Å². The molecule has 0 aliphatic carbocycles. The molecule has 94 valence electrons. The Morgan fingerprint density at radius 2 is 2.06 bits per heavy atom. The summed E-state index contributed by atoms with van der Waals surface area (Å²) in [6.07, 6.45) is 1.19. The number of halogens is 1. The zero-order valence-corrected chi connectivity index (χ0v) is 12.0. The molecule has 0 spiro atoms. The quantitative estimate of drug-likeness (QED) is 0.704. The second kappa shape index (κ2) is 4.53. The third-order valence-corrected chi connectivity index (χ3v) is 3.87. The summed E-state index contributed by atoms with van der Waals surface area (Å²) < 4.78 is 0. The van der Waals surface area contributed by atoms with E-state index in [4.69, 9.17) is 11.6 Å². The van der Waals surface area contributed by atoms with Crippen molar-refractivity contribution in [2.24, 2.45) is 0 Å². The van der Waals surface area contributed by atoms with E-state index in [9.17, 15) is 0 Å². The zero-order chi connectivity index (χ0) is 12.6. The number of hydrogen-bond donors (Lipinski definition) is 0. The monoisotopic (exact) mass is 251 g/mol. The second-order valence-electron chi connectivity index (χ2n) is 5.87. The van der Waals surface area contributed by atoms with Crippen molar-refractivity contribution in [3.05, 3.63) is 29.8 Å². The summed E-state index contributed by atoms with van der Waals surface area (Å²) in [4.78, 5) is 2.47. The molecule has 2 unspecified atom stereocenters. The van der Waals surface area contributed by atoms with Crippen LogP contribution in [0.1, 0.15) is 45.6 Å². The van der Waals surface area contributed by atoms with Crippen LogP contribution in [0.15, 0.2) is 24.3 Å². The Hall–Kier alpha value is -0.690. The molecule has 0 saturated carbocycles. The number of anilines is 1. The smallest absolute Gasteiger partial charge is 0.0483 e. The van der Waals surface area contributed by atoms with Gasteiger partial charge in [0.1, 0.15) is 0 Å². The van der Waals surface area contributed by atoms with E-state index in [1.807, 2.05) is 0 Å². The Morgan fingerprint density at radius 3 is 2.71 bits per heavy atom. The summed E-state index contributed by atoms with van der Waals surface area (Å²) in [7, 11) is 0. The van der Waals surface area contributed by atoms with Crippen molar-refractivity contribution in [2.45, 2.75) is 50.9 Å². The molecule has 0 amide bonds. The van der Waals surface area contributed by atoms with Crippen LogP contribution in [0.25, 0.3) is 0 Å². The fourth-order valence-corrected chi connectivity index (χ4v) is 3.18. The number of para-hydroxylation sites is 1. The Balaban J connectivity index is 2.44. The lowest BCUT2D eigenvalue weighted by Crippen LogP contribution is -2.50. The molecule has 0 aromatic heterocycles. The van der Waals surface area contributed by atoms with E-state index >= 15 is 0 Å². The largest absolute Gasteiger partial charge is 0.365 e. The number of rotatable bonds is 2. The summed E-state index contributed by atoms with van der Waals surface area (Å²) >= 11 is 6.20. The van der Waals surface area contributed by atoms with Gasteiger partial charge in [-0.25, -0.2) is 0 Å². The Bertz CT molecular complexity index is 398. The Labute approximate surface area is 110 Å². The van der Waals surface area contributed by atoms with E-state index in [-0.39, 0.29) is 10.9 Å². The lowest BCUT2D eigenvalue weighted by molar-refractivity contribution is 0.377. The second-order valence-corrected chi connectivity index (χ2v) is 6.61. The van der Waals surface area contributed by atoms with Crippen LogP contribution < -0.4 is 4.90 Å². The average molecular weight is 252 g/mol. The van der Waals surface area contributed by atoms with Gasteiger partial charge in [-0.2, -0.15) is 0 Å². The van der Waals surface area contributed by atoms with Gasteiger partial charge in [0.05, 0.1) is 0 Å². The molecule has 0 radical (unpaired) electrons. The van der Waals surface area contributed by atoms with Gasteiger partial charge in [-0.15, -0.1) is 11.6 Å². The first-order chi connectivity index (χ1) is 7.92. The highest BCUT2D eigenvalue weighted by Gasteiger charge is 2.36. The number of benzene rings is 1. The van der Waals surface area contributed by atoms with Crippen LogP contribution in [0.2, 0.25) is 0 Å². The lowest BCUT2D eigenvalue weighted by atomic mass is 9.80. The highest BCUT2D eigenvalue weighted by molar-refractivity contribution is 6.20. The summed E-state index contributed by atoms with van der Waals surface area (Å²) in [5.74, 6) is 0.628. The van der Waals surface area contributed by atoms with Crippen LogP contribution in [-0.2, 0) is 0 Å². The van der Waals surface area contributed by atoms with Crippen LogP contribution in [0.5, 0.6) is 0 Å². The molecule has 2 rings (SSSR count). The first-order valence-corrected chi connectivity index (χ1v) is 6.86. The molecule has 1 aliphatic rings. The minimum absolute atomic E-state index is 0.177. The molecular weight excluding hydrogens is 230 g/mol. The highest BCUT2D eigenvalue weighted by Crippen LogP contribution is 2.43. The van der Waals surface area contributed by atoms with Gasteiger partial charge in [0, 0.05) is 23.1 Å². The normalized spacial score (nSPS) is 24.3. The highest BCUT2D eigenvalue weighted by atomic mass is 35.5. The van der Waals surface area contributed by atoms with Crippen LogP contribution in [-0.4, -0.2) is 17.5 Å². The fourth-order valence-electron chi connectivity index (χ4n) is 3.04. The molecule has 1 aliphatic heterocycles. The molecule has 0 N–H and O–H groups in total. The maximum Gasteiger partial charge on any atom is 0.0483 e. The standard InChI is InChI=1S/C15H22ClN/c1-11-9-15(3,4)17(10-12(2)16)14-8-6-5-7-13(11)14/h5-8,11-12H,9-10H2,1-4H3. The van der Waals surface area contributed by atoms with Gasteiger partial charge in [0.25, 0.3) is 0 Å². The minimum atomic E-state index is 0.177. The van der Waals surface area contributed by atoms with E-state index < -0.39 is 0 Å². The van der Waals surface area contributed by atoms with E-state index in [1.165, 1.54) is 17.7 Å². The third kappa shape index (κ3) is 2.44. The van der Waals surface area contributed by atoms with Crippen molar-refractivity contribution in [1.29, 1.82) is 0 Å². The predicted molar refractivity (Wildman–Crippen MR) is 76.2 cm³/mol. The zero-order valence-electron chi connectivity index (χ0n) is 11.2. The first kappa shape index (κ1) is 12.8.